The molecule has 0 bridgehead atoms. The Kier molecular flexibility index (Phi) is 2.73. The molecule has 1 fully saturated rings. The molecule has 5 nitrogen and oxygen atoms in total. The Morgan fingerprint density at radius 3 is 2.67 bits per heavy atom. The summed E-state index contributed by atoms with van der Waals surface area (Å²) in [5.74, 6) is 0.283. The van der Waals surface area contributed by atoms with Crippen LogP contribution in [0, 0.1) is 5.92 Å². The molecule has 15 heavy (non-hydrogen) atoms. The molecule has 2 rings (SSSR count). The first-order valence-electron chi connectivity index (χ1n) is 5.20. The Hall–Kier alpha value is -1.36. The van der Waals surface area contributed by atoms with Crippen molar-refractivity contribution in [3.05, 3.63) is 12.3 Å². The number of carbonyl (C=O) groups excluding carboxylic acids is 1. The normalized spacial score (nSPS) is 26.5. The molecule has 0 unspecified atom stereocenters. The molecule has 1 saturated carbocycles. The van der Waals surface area contributed by atoms with Crippen LogP contribution < -0.4 is 5.73 Å². The topological polar surface area (TPSA) is 81.1 Å². The quantitative estimate of drug-likeness (QED) is 0.711. The van der Waals surface area contributed by atoms with Gasteiger partial charge in [-0.1, -0.05) is 0 Å². The minimum atomic E-state index is -0.246. The fourth-order valence-corrected chi connectivity index (χ4v) is 1.99. The van der Waals surface area contributed by atoms with E-state index in [1.165, 1.54) is 10.9 Å². The van der Waals surface area contributed by atoms with Gasteiger partial charge >= 0.3 is 0 Å². The van der Waals surface area contributed by atoms with Gasteiger partial charge in [0.25, 0.3) is 5.91 Å². The predicted octanol–water partition coefficient (Wildman–Crippen LogP) is 0.657. The fraction of sp³-hybridized carbons (Fsp3) is 0.600. The summed E-state index contributed by atoms with van der Waals surface area (Å²) in [6.07, 6.45) is 4.10. The van der Waals surface area contributed by atoms with Crippen molar-refractivity contribution < 1.29 is 9.90 Å². The molecule has 3 N–H and O–H groups in total. The molecule has 1 heterocycles. The van der Waals surface area contributed by atoms with Gasteiger partial charge in [-0.2, -0.15) is 9.78 Å². The van der Waals surface area contributed by atoms with E-state index in [2.05, 4.69) is 5.10 Å². The van der Waals surface area contributed by atoms with Gasteiger partial charge in [0.2, 0.25) is 0 Å². The lowest BCUT2D eigenvalue weighted by Crippen LogP contribution is -2.29. The van der Waals surface area contributed by atoms with Crippen LogP contribution in [0.4, 0.5) is 5.82 Å². The summed E-state index contributed by atoms with van der Waals surface area (Å²) < 4.78 is 1.25. The Morgan fingerprint density at radius 1 is 1.47 bits per heavy atom. The highest BCUT2D eigenvalue weighted by Gasteiger charge is 2.27. The first-order valence-corrected chi connectivity index (χ1v) is 5.20. The standard InChI is InChI=1S/C10H15N3O2/c11-9-5-6-12-13(9)10(15)7-1-3-8(14)4-2-7/h5-8,14H,1-4,11H2. The molecular weight excluding hydrogens is 194 g/mol. The van der Waals surface area contributed by atoms with Crippen molar-refractivity contribution >= 4 is 11.7 Å². The van der Waals surface area contributed by atoms with Crippen LogP contribution in [0.2, 0.25) is 0 Å². The zero-order valence-corrected chi connectivity index (χ0v) is 8.47. The summed E-state index contributed by atoms with van der Waals surface area (Å²) in [6.45, 7) is 0. The number of aliphatic hydroxyl groups excluding tert-OH is 1. The van der Waals surface area contributed by atoms with Crippen molar-refractivity contribution in [2.75, 3.05) is 5.73 Å². The average molecular weight is 209 g/mol. The summed E-state index contributed by atoms with van der Waals surface area (Å²) >= 11 is 0. The van der Waals surface area contributed by atoms with Gasteiger partial charge in [-0.3, -0.25) is 4.79 Å². The van der Waals surface area contributed by atoms with Crippen LogP contribution in [0.5, 0.6) is 0 Å². The van der Waals surface area contributed by atoms with Crippen LogP contribution in [-0.2, 0) is 0 Å². The zero-order valence-electron chi connectivity index (χ0n) is 8.47. The summed E-state index contributed by atoms with van der Waals surface area (Å²) in [6, 6.07) is 1.61. The SMILES string of the molecule is Nc1ccnn1C(=O)C1CCC(O)CC1. The molecule has 5 heteroatoms. The molecule has 0 amide bonds. The summed E-state index contributed by atoms with van der Waals surface area (Å²) in [4.78, 5) is 11.9. The first-order chi connectivity index (χ1) is 7.18. The van der Waals surface area contributed by atoms with Crippen LogP contribution in [0.25, 0.3) is 0 Å². The number of aromatic nitrogens is 2. The maximum atomic E-state index is 11.9. The van der Waals surface area contributed by atoms with E-state index in [0.29, 0.717) is 18.7 Å². The number of nitrogens with two attached hydrogens (primary N) is 1. The number of nitrogen functional groups attached to an aromatic ring is 1. The molecule has 0 spiro atoms. The average Bonchev–Trinajstić information content (AvgIpc) is 2.65. The minimum Gasteiger partial charge on any atom is -0.393 e. The second-order valence-electron chi connectivity index (χ2n) is 4.01. The van der Waals surface area contributed by atoms with Crippen LogP contribution in [0.15, 0.2) is 12.3 Å². The van der Waals surface area contributed by atoms with E-state index in [4.69, 9.17) is 5.73 Å². The van der Waals surface area contributed by atoms with Crippen molar-refractivity contribution in [1.29, 1.82) is 0 Å². The number of hydrogen-bond donors (Lipinski definition) is 2. The Morgan fingerprint density at radius 2 is 2.13 bits per heavy atom. The van der Waals surface area contributed by atoms with E-state index in [-0.39, 0.29) is 17.9 Å². The summed E-state index contributed by atoms with van der Waals surface area (Å²) in [5.41, 5.74) is 5.61. The van der Waals surface area contributed by atoms with Gasteiger partial charge < -0.3 is 10.8 Å². The lowest BCUT2D eigenvalue weighted by molar-refractivity contribution is 0.0675. The molecule has 0 aliphatic heterocycles. The molecule has 1 aromatic rings. The number of anilines is 1. The third kappa shape index (κ3) is 2.02. The molecule has 1 aliphatic rings. The van der Waals surface area contributed by atoms with E-state index in [1.54, 1.807) is 6.07 Å². The summed E-state index contributed by atoms with van der Waals surface area (Å²) in [5, 5.41) is 13.2. The predicted molar refractivity (Wildman–Crippen MR) is 55.2 cm³/mol. The van der Waals surface area contributed by atoms with Crippen molar-refractivity contribution in [3.8, 4) is 0 Å². The molecule has 0 atom stereocenters. The Bertz CT molecular complexity index is 353. The summed E-state index contributed by atoms with van der Waals surface area (Å²) in [7, 11) is 0. The van der Waals surface area contributed by atoms with Crippen molar-refractivity contribution in [2.45, 2.75) is 31.8 Å². The lowest BCUT2D eigenvalue weighted by Gasteiger charge is -2.24. The molecule has 0 radical (unpaired) electrons. The smallest absolute Gasteiger partial charge is 0.251 e. The van der Waals surface area contributed by atoms with Gasteiger partial charge in [0.05, 0.1) is 12.3 Å². The highest BCUT2D eigenvalue weighted by molar-refractivity contribution is 5.83. The Labute approximate surface area is 87.9 Å². The molecule has 0 aromatic carbocycles. The molecule has 82 valence electrons. The second-order valence-corrected chi connectivity index (χ2v) is 4.01. The maximum absolute atomic E-state index is 11.9. The molecule has 0 saturated heterocycles. The van der Waals surface area contributed by atoms with Crippen molar-refractivity contribution in [3.63, 3.8) is 0 Å². The zero-order chi connectivity index (χ0) is 10.8. The second kappa shape index (κ2) is 4.02. The number of carbonyl (C=O) groups is 1. The lowest BCUT2D eigenvalue weighted by atomic mass is 9.87. The largest absolute Gasteiger partial charge is 0.393 e. The van der Waals surface area contributed by atoms with Crippen LogP contribution in [0.1, 0.15) is 30.5 Å². The van der Waals surface area contributed by atoms with E-state index in [9.17, 15) is 9.90 Å². The molecular formula is C10H15N3O2. The van der Waals surface area contributed by atoms with Gasteiger partial charge in [0, 0.05) is 12.0 Å². The fourth-order valence-electron chi connectivity index (χ4n) is 1.99. The third-order valence-corrected chi connectivity index (χ3v) is 2.93. The van der Waals surface area contributed by atoms with E-state index in [1.807, 2.05) is 0 Å². The van der Waals surface area contributed by atoms with Crippen molar-refractivity contribution in [1.82, 2.24) is 9.78 Å². The number of rotatable bonds is 1. The maximum Gasteiger partial charge on any atom is 0.251 e. The highest BCUT2D eigenvalue weighted by atomic mass is 16.3. The third-order valence-electron chi connectivity index (χ3n) is 2.93. The van der Waals surface area contributed by atoms with Crippen LogP contribution in [-0.4, -0.2) is 26.9 Å². The highest BCUT2D eigenvalue weighted by Crippen LogP contribution is 2.25. The van der Waals surface area contributed by atoms with Gasteiger partial charge in [0.15, 0.2) is 0 Å². The van der Waals surface area contributed by atoms with Gasteiger partial charge in [-0.15, -0.1) is 0 Å². The van der Waals surface area contributed by atoms with E-state index < -0.39 is 0 Å². The van der Waals surface area contributed by atoms with Crippen LogP contribution >= 0.6 is 0 Å². The van der Waals surface area contributed by atoms with Gasteiger partial charge in [-0.25, -0.2) is 0 Å². The number of hydrogen-bond acceptors (Lipinski definition) is 4. The number of aliphatic hydroxyl groups is 1. The molecule has 1 aliphatic carbocycles. The van der Waals surface area contributed by atoms with E-state index >= 15 is 0 Å². The Balaban J connectivity index is 2.06. The van der Waals surface area contributed by atoms with Crippen molar-refractivity contribution in [2.24, 2.45) is 5.92 Å². The molecule has 1 aromatic heterocycles. The number of nitrogens with zero attached hydrogens (tertiary/aromatic N) is 2. The minimum absolute atomic E-state index is 0.0457. The van der Waals surface area contributed by atoms with Crippen LogP contribution in [0.3, 0.4) is 0 Å². The van der Waals surface area contributed by atoms with Gasteiger partial charge in [-0.05, 0) is 25.7 Å². The van der Waals surface area contributed by atoms with Gasteiger partial charge in [0.1, 0.15) is 5.82 Å². The first kappa shape index (κ1) is 10.2. The van der Waals surface area contributed by atoms with E-state index in [0.717, 1.165) is 12.8 Å². The monoisotopic (exact) mass is 209 g/mol.